The molecule has 0 bridgehead atoms. The van der Waals surface area contributed by atoms with Crippen LogP contribution in [-0.2, 0) is 4.79 Å². The number of piperazine rings is 1. The number of aromatic nitrogens is 2. The minimum Gasteiger partial charge on any atom is -0.504 e. The Labute approximate surface area is 141 Å². The van der Waals surface area contributed by atoms with Crippen LogP contribution in [0, 0.1) is 6.92 Å². The number of aryl methyl sites for hydroxylation is 1. The van der Waals surface area contributed by atoms with E-state index in [1.54, 1.807) is 18.9 Å². The maximum atomic E-state index is 12.5. The summed E-state index contributed by atoms with van der Waals surface area (Å²) in [6, 6.07) is 0. The lowest BCUT2D eigenvalue weighted by Gasteiger charge is -2.36. The third-order valence-corrected chi connectivity index (χ3v) is 4.19. The summed E-state index contributed by atoms with van der Waals surface area (Å²) in [4.78, 5) is 35.3. The molecule has 1 aromatic rings. The molecule has 1 saturated heterocycles. The molecule has 0 saturated carbocycles. The number of rotatable bonds is 5. The highest BCUT2D eigenvalue weighted by molar-refractivity contribution is 5.95. The zero-order chi connectivity index (χ0) is 17.7. The molecule has 8 nitrogen and oxygen atoms in total. The number of carbonyl (C=O) groups excluding carboxylic acids is 2. The van der Waals surface area contributed by atoms with Gasteiger partial charge in [0.1, 0.15) is 6.33 Å². The van der Waals surface area contributed by atoms with E-state index in [9.17, 15) is 14.7 Å². The van der Waals surface area contributed by atoms with Crippen molar-refractivity contribution >= 4 is 12.2 Å². The molecule has 1 aromatic heterocycles. The Morgan fingerprint density at radius 3 is 2.46 bits per heavy atom. The zero-order valence-electron chi connectivity index (χ0n) is 14.2. The second-order valence-electron chi connectivity index (χ2n) is 5.52. The van der Waals surface area contributed by atoms with Gasteiger partial charge in [-0.15, -0.1) is 0 Å². The van der Waals surface area contributed by atoms with Crippen LogP contribution in [0.25, 0.3) is 0 Å². The SMILES string of the molecule is CC/C(NC)=C(/C=O)N1CCN(C(=O)c2ncnc(C)c2O)CC1. The molecule has 0 aliphatic carbocycles. The quantitative estimate of drug-likeness (QED) is 0.590. The molecule has 1 fully saturated rings. The number of nitrogens with zero attached hydrogens (tertiary/aromatic N) is 4. The number of nitrogens with one attached hydrogen (secondary N) is 1. The van der Waals surface area contributed by atoms with Crippen molar-refractivity contribution in [1.29, 1.82) is 0 Å². The Morgan fingerprint density at radius 2 is 1.92 bits per heavy atom. The maximum Gasteiger partial charge on any atom is 0.276 e. The first-order chi connectivity index (χ1) is 11.5. The monoisotopic (exact) mass is 333 g/mol. The fraction of sp³-hybridized carbons (Fsp3) is 0.500. The summed E-state index contributed by atoms with van der Waals surface area (Å²) in [5.41, 5.74) is 1.91. The van der Waals surface area contributed by atoms with E-state index in [-0.39, 0.29) is 17.4 Å². The lowest BCUT2D eigenvalue weighted by molar-refractivity contribution is -0.106. The molecule has 2 rings (SSSR count). The van der Waals surface area contributed by atoms with Crippen LogP contribution in [0.3, 0.4) is 0 Å². The second kappa shape index (κ2) is 7.76. The Morgan fingerprint density at radius 1 is 1.29 bits per heavy atom. The topological polar surface area (TPSA) is 98.7 Å². The van der Waals surface area contributed by atoms with Crippen molar-refractivity contribution in [2.45, 2.75) is 20.3 Å². The van der Waals surface area contributed by atoms with Crippen molar-refractivity contribution in [3.8, 4) is 5.75 Å². The third kappa shape index (κ3) is 3.47. The average molecular weight is 333 g/mol. The summed E-state index contributed by atoms with van der Waals surface area (Å²) in [6.07, 6.45) is 2.86. The maximum absolute atomic E-state index is 12.5. The van der Waals surface area contributed by atoms with Gasteiger partial charge in [-0.25, -0.2) is 9.97 Å². The molecule has 24 heavy (non-hydrogen) atoms. The molecule has 0 aromatic carbocycles. The van der Waals surface area contributed by atoms with Gasteiger partial charge < -0.3 is 20.2 Å². The molecule has 2 N–H and O–H groups in total. The molecule has 1 amide bonds. The molecule has 2 heterocycles. The third-order valence-electron chi connectivity index (χ3n) is 4.19. The van der Waals surface area contributed by atoms with Gasteiger partial charge in [-0.3, -0.25) is 9.59 Å². The number of carbonyl (C=O) groups is 2. The second-order valence-corrected chi connectivity index (χ2v) is 5.52. The van der Waals surface area contributed by atoms with Crippen molar-refractivity contribution in [2.75, 3.05) is 33.2 Å². The minimum absolute atomic E-state index is 0.0200. The first-order valence-corrected chi connectivity index (χ1v) is 7.94. The normalized spacial score (nSPS) is 15.8. The molecule has 1 aliphatic rings. The Balaban J connectivity index is 2.10. The summed E-state index contributed by atoms with van der Waals surface area (Å²) in [6.45, 7) is 5.62. The van der Waals surface area contributed by atoms with E-state index < -0.39 is 0 Å². The van der Waals surface area contributed by atoms with Crippen molar-refractivity contribution < 1.29 is 14.7 Å². The number of hydrogen-bond donors (Lipinski definition) is 2. The van der Waals surface area contributed by atoms with Crippen LogP contribution in [0.2, 0.25) is 0 Å². The van der Waals surface area contributed by atoms with Crippen molar-refractivity contribution in [3.05, 3.63) is 29.1 Å². The van der Waals surface area contributed by atoms with Crippen LogP contribution in [0.5, 0.6) is 5.75 Å². The summed E-state index contributed by atoms with van der Waals surface area (Å²) < 4.78 is 0. The van der Waals surface area contributed by atoms with Crippen molar-refractivity contribution in [2.24, 2.45) is 0 Å². The predicted molar refractivity (Wildman–Crippen MR) is 88.4 cm³/mol. The Hall–Kier alpha value is -2.64. The number of allylic oxidation sites excluding steroid dienone is 2. The molecule has 0 unspecified atom stereocenters. The molecule has 0 radical (unpaired) electrons. The molecular formula is C16H23N5O3. The fourth-order valence-electron chi connectivity index (χ4n) is 2.75. The van der Waals surface area contributed by atoms with Crippen LogP contribution >= 0.6 is 0 Å². The average Bonchev–Trinajstić information content (AvgIpc) is 2.61. The van der Waals surface area contributed by atoms with Gasteiger partial charge in [-0.2, -0.15) is 0 Å². The molecule has 130 valence electrons. The Kier molecular flexibility index (Phi) is 5.73. The molecular weight excluding hydrogens is 310 g/mol. The van der Waals surface area contributed by atoms with Crippen molar-refractivity contribution in [1.82, 2.24) is 25.1 Å². The highest BCUT2D eigenvalue weighted by Gasteiger charge is 2.27. The summed E-state index contributed by atoms with van der Waals surface area (Å²) in [7, 11) is 1.79. The van der Waals surface area contributed by atoms with Gasteiger partial charge in [-0.05, 0) is 13.3 Å². The first-order valence-electron chi connectivity index (χ1n) is 7.94. The van der Waals surface area contributed by atoms with Gasteiger partial charge in [0.2, 0.25) is 0 Å². The minimum atomic E-state index is -0.321. The highest BCUT2D eigenvalue weighted by Crippen LogP contribution is 2.20. The van der Waals surface area contributed by atoms with E-state index in [0.717, 1.165) is 18.4 Å². The van der Waals surface area contributed by atoms with Crippen molar-refractivity contribution in [3.63, 3.8) is 0 Å². The predicted octanol–water partition coefficient (Wildman–Crippen LogP) is 0.288. The Bertz CT molecular complexity index is 645. The summed E-state index contributed by atoms with van der Waals surface area (Å²) in [5.74, 6) is -0.500. The van der Waals surface area contributed by atoms with Gasteiger partial charge in [-0.1, -0.05) is 6.92 Å². The van der Waals surface area contributed by atoms with Gasteiger partial charge in [0, 0.05) is 38.9 Å². The van der Waals surface area contributed by atoms with E-state index in [0.29, 0.717) is 37.6 Å². The number of aromatic hydroxyl groups is 1. The molecule has 0 atom stereocenters. The van der Waals surface area contributed by atoms with Crippen LogP contribution in [0.15, 0.2) is 17.7 Å². The standard InChI is InChI=1S/C16H23N5O3/c1-4-12(17-3)13(9-22)20-5-7-21(8-6-20)16(24)14-15(23)11(2)18-10-19-14/h9-10,17,23H,4-8H2,1-3H3/b13-12+. The number of amides is 1. The van der Waals surface area contributed by atoms with E-state index in [1.165, 1.54) is 6.33 Å². The van der Waals surface area contributed by atoms with E-state index >= 15 is 0 Å². The molecule has 8 heteroatoms. The van der Waals surface area contributed by atoms with E-state index in [1.807, 2.05) is 11.8 Å². The lowest BCUT2D eigenvalue weighted by atomic mass is 10.2. The zero-order valence-corrected chi connectivity index (χ0v) is 14.2. The van der Waals surface area contributed by atoms with Crippen LogP contribution in [0.1, 0.15) is 29.5 Å². The van der Waals surface area contributed by atoms with Gasteiger partial charge in [0.25, 0.3) is 5.91 Å². The smallest absolute Gasteiger partial charge is 0.276 e. The molecule has 0 spiro atoms. The largest absolute Gasteiger partial charge is 0.504 e. The van der Waals surface area contributed by atoms with Crippen LogP contribution in [0.4, 0.5) is 0 Å². The molecule has 1 aliphatic heterocycles. The number of hydrogen-bond acceptors (Lipinski definition) is 7. The lowest BCUT2D eigenvalue weighted by Crippen LogP contribution is -2.49. The summed E-state index contributed by atoms with van der Waals surface area (Å²) in [5, 5.41) is 13.0. The number of aldehydes is 1. The summed E-state index contributed by atoms with van der Waals surface area (Å²) >= 11 is 0. The van der Waals surface area contributed by atoms with Crippen LogP contribution < -0.4 is 5.32 Å². The van der Waals surface area contributed by atoms with Gasteiger partial charge in [0.05, 0.1) is 11.4 Å². The first kappa shape index (κ1) is 17.7. The highest BCUT2D eigenvalue weighted by atomic mass is 16.3. The van der Waals surface area contributed by atoms with Gasteiger partial charge >= 0.3 is 0 Å². The van der Waals surface area contributed by atoms with Gasteiger partial charge in [0.15, 0.2) is 17.7 Å². The van der Waals surface area contributed by atoms with Crippen LogP contribution in [-0.4, -0.2) is 70.3 Å². The van der Waals surface area contributed by atoms with E-state index in [2.05, 4.69) is 15.3 Å². The fourth-order valence-corrected chi connectivity index (χ4v) is 2.75. The van der Waals surface area contributed by atoms with E-state index in [4.69, 9.17) is 0 Å².